The van der Waals surface area contributed by atoms with E-state index in [0.29, 0.717) is 17.4 Å². The van der Waals surface area contributed by atoms with Crippen LogP contribution in [0.1, 0.15) is 10.5 Å². The highest BCUT2D eigenvalue weighted by Gasteiger charge is 2.09. The lowest BCUT2D eigenvalue weighted by Crippen LogP contribution is -2.28. The van der Waals surface area contributed by atoms with E-state index in [1.54, 1.807) is 30.3 Å². The second-order valence-corrected chi connectivity index (χ2v) is 3.87. The molecular formula is C13H14N2O4. The molecule has 0 aliphatic carbocycles. The molecule has 2 N–H and O–H groups in total. The number of nitrogens with one attached hydrogen (secondary N) is 2. The van der Waals surface area contributed by atoms with Crippen molar-refractivity contribution in [2.45, 2.75) is 0 Å². The molecule has 1 aromatic carbocycles. The fourth-order valence-corrected chi connectivity index (χ4v) is 1.63. The molecule has 0 saturated heterocycles. The Morgan fingerprint density at radius 1 is 1.32 bits per heavy atom. The second kappa shape index (κ2) is 6.12. The van der Waals surface area contributed by atoms with Crippen LogP contribution in [0.15, 0.2) is 35.1 Å². The summed E-state index contributed by atoms with van der Waals surface area (Å²) in [4.78, 5) is 30.9. The van der Waals surface area contributed by atoms with E-state index in [0.717, 1.165) is 0 Å². The lowest BCUT2D eigenvalue weighted by atomic mass is 10.1. The zero-order valence-electron chi connectivity index (χ0n) is 10.4. The van der Waals surface area contributed by atoms with Crippen LogP contribution in [0.4, 0.5) is 0 Å². The molecule has 6 nitrogen and oxygen atoms in total. The summed E-state index contributed by atoms with van der Waals surface area (Å²) < 4.78 is 4.77. The van der Waals surface area contributed by atoms with Crippen LogP contribution in [0.25, 0.3) is 10.8 Å². The van der Waals surface area contributed by atoms with Gasteiger partial charge < -0.3 is 9.72 Å². The quantitative estimate of drug-likeness (QED) is 0.618. The number of benzene rings is 1. The Morgan fingerprint density at radius 2 is 2.11 bits per heavy atom. The Bertz CT molecular complexity index is 636. The smallest absolute Gasteiger partial charge is 0.291 e. The molecule has 0 aliphatic heterocycles. The lowest BCUT2D eigenvalue weighted by Gasteiger charge is -2.06. The van der Waals surface area contributed by atoms with Crippen LogP contribution in [0, 0.1) is 0 Å². The van der Waals surface area contributed by atoms with Crippen LogP contribution < -0.4 is 11.0 Å². The predicted octanol–water partition coefficient (Wildman–Crippen LogP) is 0.836. The van der Waals surface area contributed by atoms with Crippen LogP contribution in [0.2, 0.25) is 0 Å². The maximum Gasteiger partial charge on any atom is 0.291 e. The standard InChI is InChI=1S/C13H14N2O4/c1-18-6-7-19-15-13(17)11-8-9-4-2-3-5-10(9)12(16)14-11/h2-5,8H,6-7H2,1H3,(H,14,16)(H,15,17). The number of methoxy groups -OCH3 is 1. The van der Waals surface area contributed by atoms with Gasteiger partial charge in [-0.1, -0.05) is 18.2 Å². The first kappa shape index (κ1) is 13.3. The summed E-state index contributed by atoms with van der Waals surface area (Å²) in [6, 6.07) is 8.65. The van der Waals surface area contributed by atoms with Gasteiger partial charge in [0.2, 0.25) is 0 Å². The summed E-state index contributed by atoms with van der Waals surface area (Å²) in [6.45, 7) is 0.606. The number of H-pyrrole nitrogens is 1. The Kier molecular flexibility index (Phi) is 4.27. The summed E-state index contributed by atoms with van der Waals surface area (Å²) in [6.07, 6.45) is 0. The van der Waals surface area contributed by atoms with Gasteiger partial charge >= 0.3 is 0 Å². The average Bonchev–Trinajstić information content (AvgIpc) is 2.43. The van der Waals surface area contributed by atoms with Crippen molar-refractivity contribution in [3.8, 4) is 0 Å². The molecule has 0 spiro atoms. The Hall–Kier alpha value is -2.18. The van der Waals surface area contributed by atoms with E-state index in [1.165, 1.54) is 7.11 Å². The van der Waals surface area contributed by atoms with E-state index in [4.69, 9.17) is 9.57 Å². The van der Waals surface area contributed by atoms with E-state index < -0.39 is 5.91 Å². The monoisotopic (exact) mass is 262 g/mol. The number of fused-ring (bicyclic) bond motifs is 1. The van der Waals surface area contributed by atoms with Gasteiger partial charge in [-0.15, -0.1) is 0 Å². The molecule has 1 amide bonds. The number of aromatic nitrogens is 1. The molecule has 2 rings (SSSR count). The van der Waals surface area contributed by atoms with Crippen molar-refractivity contribution in [2.75, 3.05) is 20.3 Å². The molecule has 1 heterocycles. The molecule has 0 unspecified atom stereocenters. The van der Waals surface area contributed by atoms with Gasteiger partial charge in [0.1, 0.15) is 5.69 Å². The number of rotatable bonds is 5. The maximum atomic E-state index is 11.8. The summed E-state index contributed by atoms with van der Waals surface area (Å²) in [5.41, 5.74) is 2.08. The van der Waals surface area contributed by atoms with Gasteiger partial charge in [0.25, 0.3) is 11.5 Å². The third-order valence-corrected chi connectivity index (χ3v) is 2.55. The van der Waals surface area contributed by atoms with Gasteiger partial charge in [0.05, 0.1) is 13.2 Å². The third kappa shape index (κ3) is 3.18. The second-order valence-electron chi connectivity index (χ2n) is 3.87. The fraction of sp³-hybridized carbons (Fsp3) is 0.231. The largest absolute Gasteiger partial charge is 0.382 e. The number of carbonyl (C=O) groups is 1. The third-order valence-electron chi connectivity index (χ3n) is 2.55. The fourth-order valence-electron chi connectivity index (χ4n) is 1.63. The first-order chi connectivity index (χ1) is 9.22. The first-order valence-corrected chi connectivity index (χ1v) is 5.75. The summed E-state index contributed by atoms with van der Waals surface area (Å²) in [7, 11) is 1.53. The van der Waals surface area contributed by atoms with Gasteiger partial charge in [0.15, 0.2) is 0 Å². The van der Waals surface area contributed by atoms with Crippen molar-refractivity contribution in [1.82, 2.24) is 10.5 Å². The Balaban J connectivity index is 2.16. The van der Waals surface area contributed by atoms with Crippen molar-refractivity contribution in [1.29, 1.82) is 0 Å². The number of pyridine rings is 1. The highest BCUT2D eigenvalue weighted by Crippen LogP contribution is 2.09. The van der Waals surface area contributed by atoms with Crippen LogP contribution in [-0.2, 0) is 9.57 Å². The highest BCUT2D eigenvalue weighted by molar-refractivity contribution is 5.95. The molecule has 0 atom stereocenters. The van der Waals surface area contributed by atoms with Gasteiger partial charge in [0, 0.05) is 12.5 Å². The minimum absolute atomic E-state index is 0.154. The Labute approximate surface area is 109 Å². The molecule has 6 heteroatoms. The molecule has 0 radical (unpaired) electrons. The molecule has 19 heavy (non-hydrogen) atoms. The zero-order chi connectivity index (χ0) is 13.7. The van der Waals surface area contributed by atoms with Gasteiger partial charge in [-0.25, -0.2) is 5.48 Å². The van der Waals surface area contributed by atoms with Crippen LogP contribution >= 0.6 is 0 Å². The average molecular weight is 262 g/mol. The van der Waals surface area contributed by atoms with Gasteiger partial charge in [-0.05, 0) is 17.5 Å². The lowest BCUT2D eigenvalue weighted by molar-refractivity contribution is 0.00858. The molecule has 0 saturated carbocycles. The molecule has 0 fully saturated rings. The minimum atomic E-state index is -0.501. The van der Waals surface area contributed by atoms with Gasteiger partial charge in [-0.3, -0.25) is 14.4 Å². The predicted molar refractivity (Wildman–Crippen MR) is 69.9 cm³/mol. The van der Waals surface area contributed by atoms with Crippen molar-refractivity contribution in [2.24, 2.45) is 0 Å². The van der Waals surface area contributed by atoms with Crippen molar-refractivity contribution in [3.63, 3.8) is 0 Å². The van der Waals surface area contributed by atoms with Crippen molar-refractivity contribution in [3.05, 3.63) is 46.4 Å². The molecule has 100 valence electrons. The molecular weight excluding hydrogens is 248 g/mol. The van der Waals surface area contributed by atoms with E-state index in [2.05, 4.69) is 10.5 Å². The van der Waals surface area contributed by atoms with Crippen LogP contribution in [-0.4, -0.2) is 31.2 Å². The molecule has 2 aromatic rings. The molecule has 0 bridgehead atoms. The number of ether oxygens (including phenoxy) is 1. The van der Waals surface area contributed by atoms with Crippen molar-refractivity contribution >= 4 is 16.7 Å². The number of carbonyl (C=O) groups excluding carboxylic acids is 1. The highest BCUT2D eigenvalue weighted by atomic mass is 16.7. The van der Waals surface area contributed by atoms with Crippen LogP contribution in [0.3, 0.4) is 0 Å². The van der Waals surface area contributed by atoms with Crippen LogP contribution in [0.5, 0.6) is 0 Å². The van der Waals surface area contributed by atoms with Gasteiger partial charge in [-0.2, -0.15) is 0 Å². The number of hydroxylamine groups is 1. The number of hydrogen-bond donors (Lipinski definition) is 2. The molecule has 1 aromatic heterocycles. The van der Waals surface area contributed by atoms with E-state index >= 15 is 0 Å². The summed E-state index contributed by atoms with van der Waals surface area (Å²) >= 11 is 0. The summed E-state index contributed by atoms with van der Waals surface area (Å²) in [5.74, 6) is -0.501. The van der Waals surface area contributed by atoms with E-state index in [9.17, 15) is 9.59 Å². The SMILES string of the molecule is COCCONC(=O)c1cc2ccccc2c(=O)[nH]1. The van der Waals surface area contributed by atoms with E-state index in [-0.39, 0.29) is 17.9 Å². The first-order valence-electron chi connectivity index (χ1n) is 5.75. The minimum Gasteiger partial charge on any atom is -0.382 e. The number of hydrogen-bond acceptors (Lipinski definition) is 4. The number of amides is 1. The van der Waals surface area contributed by atoms with E-state index in [1.807, 2.05) is 0 Å². The topological polar surface area (TPSA) is 80.4 Å². The van der Waals surface area contributed by atoms with Crippen molar-refractivity contribution < 1.29 is 14.4 Å². The maximum absolute atomic E-state index is 11.8. The Morgan fingerprint density at radius 3 is 2.89 bits per heavy atom. The normalized spacial score (nSPS) is 10.6. The number of aromatic amines is 1. The zero-order valence-corrected chi connectivity index (χ0v) is 10.4. The summed E-state index contributed by atoms with van der Waals surface area (Å²) in [5, 5.41) is 1.24. The molecule has 0 aliphatic rings.